The highest BCUT2D eigenvalue weighted by molar-refractivity contribution is 7.13. The second kappa shape index (κ2) is 7.63. The Kier molecular flexibility index (Phi) is 5.31. The van der Waals surface area contributed by atoms with Gasteiger partial charge in [0.1, 0.15) is 28.7 Å². The molecule has 0 unspecified atom stereocenters. The number of aromatic nitrogens is 1. The van der Waals surface area contributed by atoms with Crippen molar-refractivity contribution < 1.29 is 18.7 Å². The molecule has 7 heteroatoms. The van der Waals surface area contributed by atoms with Gasteiger partial charge in [0.05, 0.1) is 17.8 Å². The second-order valence-electron chi connectivity index (χ2n) is 5.05. The molecule has 4 nitrogen and oxygen atoms in total. The summed E-state index contributed by atoms with van der Waals surface area (Å²) in [6.45, 7) is -0.0655. The van der Waals surface area contributed by atoms with Crippen LogP contribution in [-0.2, 0) is 11.3 Å². The summed E-state index contributed by atoms with van der Waals surface area (Å²) >= 11 is 7.27. The summed E-state index contributed by atoms with van der Waals surface area (Å²) in [7, 11) is 1.60. The van der Waals surface area contributed by atoms with Crippen LogP contribution in [0.15, 0.2) is 47.8 Å². The smallest absolute Gasteiger partial charge is 0.343 e. The maximum Gasteiger partial charge on any atom is 0.343 e. The number of halogens is 2. The molecule has 0 bridgehead atoms. The minimum absolute atomic E-state index is 0.0142. The van der Waals surface area contributed by atoms with Crippen molar-refractivity contribution in [2.45, 2.75) is 6.61 Å². The third kappa shape index (κ3) is 3.97. The second-order valence-corrected chi connectivity index (χ2v) is 6.31. The Labute approximate surface area is 152 Å². The van der Waals surface area contributed by atoms with E-state index in [1.807, 2.05) is 24.3 Å². The van der Waals surface area contributed by atoms with Crippen molar-refractivity contribution in [2.24, 2.45) is 0 Å². The zero-order valence-corrected chi connectivity index (χ0v) is 14.7. The molecule has 0 aliphatic rings. The molecule has 0 atom stereocenters. The molecule has 1 heterocycles. The fraction of sp³-hybridized carbons (Fsp3) is 0.111. The summed E-state index contributed by atoms with van der Waals surface area (Å²) in [5.74, 6) is -0.804. The van der Waals surface area contributed by atoms with Crippen LogP contribution in [0.5, 0.6) is 5.75 Å². The van der Waals surface area contributed by atoms with Gasteiger partial charge >= 0.3 is 5.97 Å². The lowest BCUT2D eigenvalue weighted by Crippen LogP contribution is -2.08. The highest BCUT2D eigenvalue weighted by Gasteiger charge is 2.18. The Bertz CT molecular complexity index is 893. The molecule has 0 saturated heterocycles. The van der Waals surface area contributed by atoms with Gasteiger partial charge in [0.15, 0.2) is 0 Å². The molecule has 0 N–H and O–H groups in total. The minimum Gasteiger partial charge on any atom is -0.497 e. The first-order valence-electron chi connectivity index (χ1n) is 7.28. The first kappa shape index (κ1) is 17.4. The van der Waals surface area contributed by atoms with Gasteiger partial charge in [0, 0.05) is 10.9 Å². The van der Waals surface area contributed by atoms with Crippen LogP contribution in [0.4, 0.5) is 4.39 Å². The Morgan fingerprint density at radius 2 is 2.08 bits per heavy atom. The number of nitrogens with zero attached hydrogens (tertiary/aromatic N) is 1. The van der Waals surface area contributed by atoms with Crippen molar-refractivity contribution in [3.05, 3.63) is 69.9 Å². The number of methoxy groups -OCH3 is 1. The van der Waals surface area contributed by atoms with Crippen LogP contribution in [0, 0.1) is 5.82 Å². The first-order chi connectivity index (χ1) is 12.1. The molecule has 3 rings (SSSR count). The maximum absolute atomic E-state index is 13.7. The van der Waals surface area contributed by atoms with Gasteiger partial charge in [-0.2, -0.15) is 0 Å². The summed E-state index contributed by atoms with van der Waals surface area (Å²) in [5, 5.41) is 2.57. The maximum atomic E-state index is 13.7. The fourth-order valence-corrected chi connectivity index (χ4v) is 3.21. The number of rotatable bonds is 5. The summed E-state index contributed by atoms with van der Waals surface area (Å²) in [6, 6.07) is 11.5. The van der Waals surface area contributed by atoms with E-state index in [0.29, 0.717) is 5.69 Å². The average molecular weight is 378 g/mol. The highest BCUT2D eigenvalue weighted by atomic mass is 35.5. The molecule has 25 heavy (non-hydrogen) atoms. The van der Waals surface area contributed by atoms with Crippen LogP contribution in [0.1, 0.15) is 16.1 Å². The van der Waals surface area contributed by atoms with E-state index in [2.05, 4.69) is 4.98 Å². The van der Waals surface area contributed by atoms with Crippen LogP contribution < -0.4 is 4.74 Å². The molecule has 3 aromatic rings. The zero-order chi connectivity index (χ0) is 17.8. The van der Waals surface area contributed by atoms with Crippen LogP contribution in [0.25, 0.3) is 10.6 Å². The standard InChI is InChI=1S/C18H13ClFNO3S/c1-23-13-5-2-4-11(8-13)17-21-12(10-25-17)9-24-18(22)16-14(19)6-3-7-15(16)20/h2-8,10H,9H2,1H3. The molecule has 0 spiro atoms. The average Bonchev–Trinajstić information content (AvgIpc) is 3.09. The van der Waals surface area contributed by atoms with E-state index in [-0.39, 0.29) is 17.2 Å². The number of ether oxygens (including phenoxy) is 2. The molecule has 0 radical (unpaired) electrons. The Hall–Kier alpha value is -2.44. The van der Waals surface area contributed by atoms with E-state index < -0.39 is 11.8 Å². The molecule has 2 aromatic carbocycles. The third-order valence-corrected chi connectivity index (χ3v) is 4.64. The van der Waals surface area contributed by atoms with Gasteiger partial charge in [0.2, 0.25) is 0 Å². The van der Waals surface area contributed by atoms with Gasteiger partial charge in [-0.3, -0.25) is 0 Å². The Morgan fingerprint density at radius 3 is 2.84 bits per heavy atom. The van der Waals surface area contributed by atoms with Gasteiger partial charge < -0.3 is 9.47 Å². The lowest BCUT2D eigenvalue weighted by atomic mass is 10.2. The van der Waals surface area contributed by atoms with Crippen LogP contribution >= 0.6 is 22.9 Å². The van der Waals surface area contributed by atoms with Crippen LogP contribution in [0.2, 0.25) is 5.02 Å². The lowest BCUT2D eigenvalue weighted by Gasteiger charge is -2.05. The van der Waals surface area contributed by atoms with Gasteiger partial charge in [-0.25, -0.2) is 14.2 Å². The van der Waals surface area contributed by atoms with Crippen molar-refractivity contribution >= 4 is 28.9 Å². The highest BCUT2D eigenvalue weighted by Crippen LogP contribution is 2.27. The summed E-state index contributed by atoms with van der Waals surface area (Å²) in [4.78, 5) is 16.5. The lowest BCUT2D eigenvalue weighted by molar-refractivity contribution is 0.0463. The SMILES string of the molecule is COc1cccc(-c2nc(COC(=O)c3c(F)cccc3Cl)cs2)c1. The fourth-order valence-electron chi connectivity index (χ4n) is 2.17. The number of hydrogen-bond donors (Lipinski definition) is 0. The largest absolute Gasteiger partial charge is 0.497 e. The van der Waals surface area contributed by atoms with Crippen LogP contribution in [0.3, 0.4) is 0 Å². The van der Waals surface area contributed by atoms with E-state index in [0.717, 1.165) is 22.4 Å². The van der Waals surface area contributed by atoms with Crippen LogP contribution in [-0.4, -0.2) is 18.1 Å². The number of carbonyl (C=O) groups excluding carboxylic acids is 1. The van der Waals surface area contributed by atoms with Gasteiger partial charge in [-0.15, -0.1) is 11.3 Å². The molecule has 128 valence electrons. The number of thiazole rings is 1. The topological polar surface area (TPSA) is 48.4 Å². The summed E-state index contributed by atoms with van der Waals surface area (Å²) < 4.78 is 24.0. The molecule has 0 fully saturated rings. The van der Waals surface area contributed by atoms with Gasteiger partial charge in [-0.05, 0) is 24.3 Å². The third-order valence-electron chi connectivity index (χ3n) is 3.39. The molecule has 0 amide bonds. The minimum atomic E-state index is -0.820. The Morgan fingerprint density at radius 1 is 1.28 bits per heavy atom. The number of benzene rings is 2. The Balaban J connectivity index is 1.70. The first-order valence-corrected chi connectivity index (χ1v) is 8.54. The van der Waals surface area contributed by atoms with E-state index in [4.69, 9.17) is 21.1 Å². The number of carbonyl (C=O) groups is 1. The predicted octanol–water partition coefficient (Wildman–Crippen LogP) is 4.97. The van der Waals surface area contributed by atoms with Crippen molar-refractivity contribution in [1.82, 2.24) is 4.98 Å². The molecule has 0 saturated carbocycles. The predicted molar refractivity (Wildman–Crippen MR) is 94.6 cm³/mol. The molecule has 0 aliphatic carbocycles. The van der Waals surface area contributed by atoms with E-state index in [1.165, 1.54) is 23.5 Å². The van der Waals surface area contributed by atoms with Crippen molar-refractivity contribution in [1.29, 1.82) is 0 Å². The van der Waals surface area contributed by atoms with Gasteiger partial charge in [0.25, 0.3) is 0 Å². The van der Waals surface area contributed by atoms with Crippen molar-refractivity contribution in [3.8, 4) is 16.3 Å². The zero-order valence-electron chi connectivity index (χ0n) is 13.2. The van der Waals surface area contributed by atoms with Gasteiger partial charge in [-0.1, -0.05) is 29.8 Å². The van der Waals surface area contributed by atoms with Crippen molar-refractivity contribution in [3.63, 3.8) is 0 Å². The quantitative estimate of drug-likeness (QED) is 0.589. The molecule has 0 aliphatic heterocycles. The normalized spacial score (nSPS) is 10.5. The summed E-state index contributed by atoms with van der Waals surface area (Å²) in [6.07, 6.45) is 0. The monoisotopic (exact) mass is 377 g/mol. The van der Waals surface area contributed by atoms with E-state index >= 15 is 0 Å². The summed E-state index contributed by atoms with van der Waals surface area (Å²) in [5.41, 5.74) is 1.20. The number of esters is 1. The molecular weight excluding hydrogens is 365 g/mol. The molecule has 1 aromatic heterocycles. The van der Waals surface area contributed by atoms with Crippen molar-refractivity contribution in [2.75, 3.05) is 7.11 Å². The van der Waals surface area contributed by atoms with E-state index in [9.17, 15) is 9.18 Å². The number of hydrogen-bond acceptors (Lipinski definition) is 5. The molecular formula is C18H13ClFNO3S. The van der Waals surface area contributed by atoms with E-state index in [1.54, 1.807) is 12.5 Å².